The molecule has 128 valence electrons. The topological polar surface area (TPSA) is 76.7 Å². The SMILES string of the molecule is COc1c(Cl)ccc(Cl)c1C(=O)NCCNC(=O)OC(C)(C)C. The maximum atomic E-state index is 12.2. The van der Waals surface area contributed by atoms with Gasteiger partial charge in [-0.2, -0.15) is 0 Å². The summed E-state index contributed by atoms with van der Waals surface area (Å²) in [7, 11) is 1.40. The van der Waals surface area contributed by atoms with Crippen molar-refractivity contribution in [2.45, 2.75) is 26.4 Å². The number of hydrogen-bond donors (Lipinski definition) is 2. The van der Waals surface area contributed by atoms with E-state index < -0.39 is 17.6 Å². The predicted octanol–water partition coefficient (Wildman–Crippen LogP) is 3.26. The molecule has 1 aromatic rings. The summed E-state index contributed by atoms with van der Waals surface area (Å²) in [6, 6.07) is 3.06. The molecule has 0 saturated carbocycles. The third kappa shape index (κ3) is 6.15. The van der Waals surface area contributed by atoms with Crippen molar-refractivity contribution in [2.75, 3.05) is 20.2 Å². The standard InChI is InChI=1S/C15H20Cl2N2O4/c1-15(2,3)23-14(21)19-8-7-18-13(20)11-9(16)5-6-10(17)12(11)22-4/h5-6H,7-8H2,1-4H3,(H,18,20)(H,19,21). The Bertz CT molecular complexity index is 586. The van der Waals surface area contributed by atoms with Crippen LogP contribution in [0.2, 0.25) is 10.0 Å². The molecule has 0 bridgehead atoms. The Labute approximate surface area is 145 Å². The largest absolute Gasteiger partial charge is 0.494 e. The van der Waals surface area contributed by atoms with Crippen molar-refractivity contribution in [1.29, 1.82) is 0 Å². The maximum Gasteiger partial charge on any atom is 0.407 e. The highest BCUT2D eigenvalue weighted by molar-refractivity contribution is 6.37. The van der Waals surface area contributed by atoms with Crippen LogP contribution in [0.15, 0.2) is 12.1 Å². The highest BCUT2D eigenvalue weighted by Crippen LogP contribution is 2.33. The molecule has 0 aliphatic heterocycles. The number of nitrogens with one attached hydrogen (secondary N) is 2. The lowest BCUT2D eigenvalue weighted by atomic mass is 10.2. The molecule has 1 rings (SSSR count). The lowest BCUT2D eigenvalue weighted by Gasteiger charge is -2.19. The van der Waals surface area contributed by atoms with E-state index in [1.54, 1.807) is 26.8 Å². The van der Waals surface area contributed by atoms with Crippen LogP contribution in [0.3, 0.4) is 0 Å². The second kappa shape index (κ2) is 8.26. The quantitative estimate of drug-likeness (QED) is 0.788. The molecule has 0 spiro atoms. The van der Waals surface area contributed by atoms with E-state index >= 15 is 0 Å². The number of carbonyl (C=O) groups excluding carboxylic acids is 2. The molecular formula is C15H20Cl2N2O4. The Morgan fingerprint density at radius 3 is 2.22 bits per heavy atom. The maximum absolute atomic E-state index is 12.2. The van der Waals surface area contributed by atoms with Gasteiger partial charge >= 0.3 is 6.09 Å². The van der Waals surface area contributed by atoms with Crippen molar-refractivity contribution in [3.63, 3.8) is 0 Å². The summed E-state index contributed by atoms with van der Waals surface area (Å²) < 4.78 is 10.2. The van der Waals surface area contributed by atoms with Gasteiger partial charge in [-0.3, -0.25) is 4.79 Å². The number of rotatable bonds is 5. The first-order valence-corrected chi connectivity index (χ1v) is 7.68. The Hall–Kier alpha value is -1.66. The Balaban J connectivity index is 2.56. The number of carbonyl (C=O) groups is 2. The number of ether oxygens (including phenoxy) is 2. The minimum absolute atomic E-state index is 0.152. The number of halogens is 2. The van der Waals surface area contributed by atoms with E-state index in [-0.39, 0.29) is 34.4 Å². The number of benzene rings is 1. The molecule has 0 saturated heterocycles. The van der Waals surface area contributed by atoms with Gasteiger partial charge in [-0.05, 0) is 32.9 Å². The predicted molar refractivity (Wildman–Crippen MR) is 89.6 cm³/mol. The number of amides is 2. The van der Waals surface area contributed by atoms with Crippen molar-refractivity contribution >= 4 is 35.2 Å². The van der Waals surface area contributed by atoms with Crippen molar-refractivity contribution in [3.05, 3.63) is 27.7 Å². The highest BCUT2D eigenvalue weighted by atomic mass is 35.5. The van der Waals surface area contributed by atoms with E-state index in [1.807, 2.05) is 0 Å². The molecule has 0 fully saturated rings. The number of hydrogen-bond acceptors (Lipinski definition) is 4. The molecule has 8 heteroatoms. The number of methoxy groups -OCH3 is 1. The van der Waals surface area contributed by atoms with Crippen LogP contribution >= 0.6 is 23.2 Å². The average molecular weight is 363 g/mol. The molecule has 6 nitrogen and oxygen atoms in total. The molecule has 2 amide bonds. The summed E-state index contributed by atoms with van der Waals surface area (Å²) in [5, 5.41) is 5.67. The highest BCUT2D eigenvalue weighted by Gasteiger charge is 2.19. The first-order valence-electron chi connectivity index (χ1n) is 6.92. The molecule has 0 aliphatic rings. The molecule has 0 atom stereocenters. The van der Waals surface area contributed by atoms with Gasteiger partial charge in [0, 0.05) is 13.1 Å². The molecular weight excluding hydrogens is 343 g/mol. The minimum Gasteiger partial charge on any atom is -0.494 e. The molecule has 0 aromatic heterocycles. The second-order valence-corrected chi connectivity index (χ2v) is 6.44. The molecule has 0 heterocycles. The third-order valence-electron chi connectivity index (χ3n) is 2.57. The van der Waals surface area contributed by atoms with Crippen LogP contribution in [0.25, 0.3) is 0 Å². The van der Waals surface area contributed by atoms with E-state index in [4.69, 9.17) is 32.7 Å². The first-order chi connectivity index (χ1) is 10.7. The molecule has 0 radical (unpaired) electrons. The van der Waals surface area contributed by atoms with Gasteiger partial charge in [-0.15, -0.1) is 0 Å². The van der Waals surface area contributed by atoms with Crippen molar-refractivity contribution < 1.29 is 19.1 Å². The lowest BCUT2D eigenvalue weighted by molar-refractivity contribution is 0.0526. The second-order valence-electron chi connectivity index (χ2n) is 5.62. The molecule has 1 aromatic carbocycles. The van der Waals surface area contributed by atoms with Gasteiger partial charge in [0.05, 0.1) is 17.2 Å². The average Bonchev–Trinajstić information content (AvgIpc) is 2.43. The van der Waals surface area contributed by atoms with Gasteiger partial charge in [0.2, 0.25) is 0 Å². The fourth-order valence-electron chi connectivity index (χ4n) is 1.69. The summed E-state index contributed by atoms with van der Waals surface area (Å²) in [6.07, 6.45) is -0.551. The van der Waals surface area contributed by atoms with E-state index in [2.05, 4.69) is 10.6 Å². The molecule has 0 aliphatic carbocycles. The molecule has 23 heavy (non-hydrogen) atoms. The first kappa shape index (κ1) is 19.4. The van der Waals surface area contributed by atoms with Crippen LogP contribution < -0.4 is 15.4 Å². The number of alkyl carbamates (subject to hydrolysis) is 1. The van der Waals surface area contributed by atoms with Crippen LogP contribution in [-0.2, 0) is 4.74 Å². The van der Waals surface area contributed by atoms with E-state index in [0.717, 1.165) is 0 Å². The van der Waals surface area contributed by atoms with Crippen molar-refractivity contribution in [2.24, 2.45) is 0 Å². The summed E-state index contributed by atoms with van der Waals surface area (Å²) in [6.45, 7) is 5.70. The molecule has 0 unspecified atom stereocenters. The zero-order valence-corrected chi connectivity index (χ0v) is 15.0. The third-order valence-corrected chi connectivity index (χ3v) is 3.18. The monoisotopic (exact) mass is 362 g/mol. The Kier molecular flexibility index (Phi) is 6.97. The summed E-state index contributed by atoms with van der Waals surface area (Å²) in [5.41, 5.74) is -0.423. The van der Waals surface area contributed by atoms with Crippen LogP contribution in [-0.4, -0.2) is 37.8 Å². The fourth-order valence-corrected chi connectivity index (χ4v) is 2.16. The van der Waals surface area contributed by atoms with Gasteiger partial charge in [-0.1, -0.05) is 23.2 Å². The van der Waals surface area contributed by atoms with E-state index in [0.29, 0.717) is 0 Å². The summed E-state index contributed by atoms with van der Waals surface area (Å²) >= 11 is 12.0. The van der Waals surface area contributed by atoms with Crippen LogP contribution in [0, 0.1) is 0 Å². The van der Waals surface area contributed by atoms with Crippen LogP contribution in [0.1, 0.15) is 31.1 Å². The van der Waals surface area contributed by atoms with E-state index in [9.17, 15) is 9.59 Å². The zero-order chi connectivity index (χ0) is 17.6. The summed E-state index contributed by atoms with van der Waals surface area (Å²) in [4.78, 5) is 23.7. The smallest absolute Gasteiger partial charge is 0.407 e. The lowest BCUT2D eigenvalue weighted by Crippen LogP contribution is -2.38. The Morgan fingerprint density at radius 1 is 1.09 bits per heavy atom. The van der Waals surface area contributed by atoms with Gasteiger partial charge in [0.15, 0.2) is 5.75 Å². The van der Waals surface area contributed by atoms with Crippen LogP contribution in [0.4, 0.5) is 4.79 Å². The van der Waals surface area contributed by atoms with Gasteiger partial charge in [0.1, 0.15) is 11.2 Å². The van der Waals surface area contributed by atoms with Crippen molar-refractivity contribution in [1.82, 2.24) is 10.6 Å². The van der Waals surface area contributed by atoms with Gasteiger partial charge in [0.25, 0.3) is 5.91 Å². The minimum atomic E-state index is -0.574. The molecule has 2 N–H and O–H groups in total. The summed E-state index contributed by atoms with van der Waals surface area (Å²) in [5.74, 6) is -0.239. The van der Waals surface area contributed by atoms with Crippen LogP contribution in [0.5, 0.6) is 5.75 Å². The normalized spacial score (nSPS) is 10.9. The fraction of sp³-hybridized carbons (Fsp3) is 0.467. The zero-order valence-electron chi connectivity index (χ0n) is 13.5. The Morgan fingerprint density at radius 2 is 1.65 bits per heavy atom. The van der Waals surface area contributed by atoms with Crippen molar-refractivity contribution in [3.8, 4) is 5.75 Å². The van der Waals surface area contributed by atoms with E-state index in [1.165, 1.54) is 13.2 Å². The van der Waals surface area contributed by atoms with Gasteiger partial charge < -0.3 is 20.1 Å². The van der Waals surface area contributed by atoms with Gasteiger partial charge in [-0.25, -0.2) is 4.79 Å².